The molecule has 1 aliphatic heterocycles. The molecule has 5 nitrogen and oxygen atoms in total. The normalized spacial score (nSPS) is 36.4. The summed E-state index contributed by atoms with van der Waals surface area (Å²) >= 11 is 0. The van der Waals surface area contributed by atoms with E-state index < -0.39 is 0 Å². The van der Waals surface area contributed by atoms with Crippen molar-refractivity contribution in [2.75, 3.05) is 46.1 Å². The minimum atomic E-state index is -0.333. The second-order valence-corrected chi connectivity index (χ2v) is 9.52. The lowest BCUT2D eigenvalue weighted by Crippen LogP contribution is -2.38. The zero-order valence-electron chi connectivity index (χ0n) is 17.8. The zero-order chi connectivity index (χ0) is 20.1. The standard InChI is InChI=1S/C24H39NO4/c26-23(19-3-1-2-4-19)6-5-21-22-16-18(15-20(22)17-24(21)27)7-11-28-12-8-25-9-13-29-14-10-25/h5-7,19-24,26-27H,1-4,8-17H2/b6-5+,18-7?/t20-,21+,22-,23-,24+/m0/s1. The third-order valence-corrected chi connectivity index (χ3v) is 7.67. The second kappa shape index (κ2) is 10.5. The van der Waals surface area contributed by atoms with Gasteiger partial charge in [0.25, 0.3) is 0 Å². The van der Waals surface area contributed by atoms with Crippen molar-refractivity contribution in [1.82, 2.24) is 4.90 Å². The summed E-state index contributed by atoms with van der Waals surface area (Å²) in [5, 5.41) is 21.0. The molecular weight excluding hydrogens is 366 g/mol. The summed E-state index contributed by atoms with van der Waals surface area (Å²) in [4.78, 5) is 2.40. The number of rotatable bonds is 8. The molecule has 0 aromatic carbocycles. The van der Waals surface area contributed by atoms with E-state index in [-0.39, 0.29) is 18.1 Å². The van der Waals surface area contributed by atoms with Crippen molar-refractivity contribution in [2.24, 2.45) is 23.7 Å². The van der Waals surface area contributed by atoms with Crippen molar-refractivity contribution in [1.29, 1.82) is 0 Å². The predicted octanol–water partition coefficient (Wildman–Crippen LogP) is 2.78. The van der Waals surface area contributed by atoms with Crippen LogP contribution in [0.3, 0.4) is 0 Å². The molecule has 4 rings (SSSR count). The first kappa shape index (κ1) is 21.5. The van der Waals surface area contributed by atoms with Gasteiger partial charge in [0, 0.05) is 25.6 Å². The van der Waals surface area contributed by atoms with Crippen LogP contribution < -0.4 is 0 Å². The maximum atomic E-state index is 10.5. The summed E-state index contributed by atoms with van der Waals surface area (Å²) in [7, 11) is 0. The number of hydrogen-bond donors (Lipinski definition) is 2. The van der Waals surface area contributed by atoms with E-state index in [1.807, 2.05) is 6.08 Å². The lowest BCUT2D eigenvalue weighted by Gasteiger charge is -2.26. The number of hydrogen-bond acceptors (Lipinski definition) is 5. The number of aliphatic hydroxyl groups excluding tert-OH is 2. The Balaban J connectivity index is 1.20. The average Bonchev–Trinajstić information content (AvgIpc) is 3.44. The number of morpholine rings is 1. The van der Waals surface area contributed by atoms with Crippen LogP contribution in [-0.4, -0.2) is 73.4 Å². The Morgan fingerprint density at radius 2 is 1.97 bits per heavy atom. The van der Waals surface area contributed by atoms with Gasteiger partial charge in [0.1, 0.15) is 0 Å². The van der Waals surface area contributed by atoms with Gasteiger partial charge in [-0.1, -0.05) is 36.6 Å². The number of fused-ring (bicyclic) bond motifs is 1. The molecule has 3 saturated carbocycles. The van der Waals surface area contributed by atoms with Gasteiger partial charge in [0.05, 0.1) is 38.6 Å². The predicted molar refractivity (Wildman–Crippen MR) is 114 cm³/mol. The van der Waals surface area contributed by atoms with Gasteiger partial charge in [-0.2, -0.15) is 0 Å². The van der Waals surface area contributed by atoms with Gasteiger partial charge in [0.15, 0.2) is 0 Å². The summed E-state index contributed by atoms with van der Waals surface area (Å²) in [6.07, 6.45) is 13.7. The molecule has 5 atom stereocenters. The Labute approximate surface area is 175 Å². The van der Waals surface area contributed by atoms with Crippen LogP contribution in [-0.2, 0) is 9.47 Å². The van der Waals surface area contributed by atoms with E-state index in [2.05, 4.69) is 17.1 Å². The second-order valence-electron chi connectivity index (χ2n) is 9.52. The van der Waals surface area contributed by atoms with Crippen LogP contribution in [0.15, 0.2) is 23.8 Å². The monoisotopic (exact) mass is 405 g/mol. The largest absolute Gasteiger partial charge is 0.392 e. The van der Waals surface area contributed by atoms with Gasteiger partial charge < -0.3 is 19.7 Å². The minimum absolute atomic E-state index is 0.198. The molecule has 0 bridgehead atoms. The molecule has 1 heterocycles. The first-order valence-corrected chi connectivity index (χ1v) is 11.8. The van der Waals surface area contributed by atoms with E-state index >= 15 is 0 Å². The Bertz CT molecular complexity index is 565. The van der Waals surface area contributed by atoms with Gasteiger partial charge in [-0.25, -0.2) is 0 Å². The number of ether oxygens (including phenoxy) is 2. The highest BCUT2D eigenvalue weighted by atomic mass is 16.5. The van der Waals surface area contributed by atoms with E-state index in [0.717, 1.165) is 71.6 Å². The first-order valence-electron chi connectivity index (χ1n) is 11.8. The molecule has 0 aromatic heterocycles. The Morgan fingerprint density at radius 3 is 2.76 bits per heavy atom. The van der Waals surface area contributed by atoms with Crippen molar-refractivity contribution in [2.45, 2.75) is 57.2 Å². The van der Waals surface area contributed by atoms with Gasteiger partial charge in [0.2, 0.25) is 0 Å². The average molecular weight is 406 g/mol. The smallest absolute Gasteiger partial charge is 0.0749 e. The molecule has 4 aliphatic rings. The molecular formula is C24H39NO4. The van der Waals surface area contributed by atoms with Crippen molar-refractivity contribution in [3.8, 4) is 0 Å². The fourth-order valence-corrected chi connectivity index (χ4v) is 5.92. The van der Waals surface area contributed by atoms with E-state index in [9.17, 15) is 10.2 Å². The molecule has 0 radical (unpaired) electrons. The summed E-state index contributed by atoms with van der Waals surface area (Å²) < 4.78 is 11.2. The van der Waals surface area contributed by atoms with Gasteiger partial charge >= 0.3 is 0 Å². The van der Waals surface area contributed by atoms with E-state index in [1.165, 1.54) is 18.4 Å². The van der Waals surface area contributed by atoms with Crippen LogP contribution in [0, 0.1) is 23.7 Å². The Kier molecular flexibility index (Phi) is 7.82. The van der Waals surface area contributed by atoms with E-state index in [0.29, 0.717) is 24.4 Å². The molecule has 4 fully saturated rings. The molecule has 0 unspecified atom stereocenters. The lowest BCUT2D eigenvalue weighted by atomic mass is 9.89. The lowest BCUT2D eigenvalue weighted by molar-refractivity contribution is 0.0233. The molecule has 1 saturated heterocycles. The van der Waals surface area contributed by atoms with Crippen LogP contribution in [0.2, 0.25) is 0 Å². The van der Waals surface area contributed by atoms with Crippen LogP contribution in [0.1, 0.15) is 44.9 Å². The highest BCUT2D eigenvalue weighted by Gasteiger charge is 2.45. The molecule has 3 aliphatic carbocycles. The van der Waals surface area contributed by atoms with Gasteiger partial charge in [-0.3, -0.25) is 4.90 Å². The summed E-state index contributed by atoms with van der Waals surface area (Å²) in [6.45, 7) is 6.17. The molecule has 0 aromatic rings. The molecule has 5 heteroatoms. The van der Waals surface area contributed by atoms with E-state index in [4.69, 9.17) is 9.47 Å². The molecule has 2 N–H and O–H groups in total. The SMILES string of the molecule is O[C@@H]1C[C@@H]2CC(=CCOCCN3CCOCC3)C[C@@H]2[C@H]1/C=C/[C@H](O)C1CCCC1. The quantitative estimate of drug-likeness (QED) is 0.480. The van der Waals surface area contributed by atoms with Crippen LogP contribution >= 0.6 is 0 Å². The van der Waals surface area contributed by atoms with Crippen molar-refractivity contribution >= 4 is 0 Å². The molecule has 29 heavy (non-hydrogen) atoms. The van der Waals surface area contributed by atoms with Crippen molar-refractivity contribution < 1.29 is 19.7 Å². The number of aliphatic hydroxyl groups is 2. The fraction of sp³-hybridized carbons (Fsp3) is 0.833. The third-order valence-electron chi connectivity index (χ3n) is 7.67. The first-order chi connectivity index (χ1) is 14.2. The van der Waals surface area contributed by atoms with Crippen LogP contribution in [0.25, 0.3) is 0 Å². The summed E-state index contributed by atoms with van der Waals surface area (Å²) in [5.74, 6) is 1.73. The Hall–Kier alpha value is -0.720. The molecule has 164 valence electrons. The highest BCUT2D eigenvalue weighted by Crippen LogP contribution is 2.50. The maximum absolute atomic E-state index is 10.5. The summed E-state index contributed by atoms with van der Waals surface area (Å²) in [6, 6.07) is 0. The van der Waals surface area contributed by atoms with Crippen LogP contribution in [0.4, 0.5) is 0 Å². The van der Waals surface area contributed by atoms with Gasteiger partial charge in [-0.05, 0) is 49.9 Å². The third kappa shape index (κ3) is 5.71. The van der Waals surface area contributed by atoms with Gasteiger partial charge in [-0.15, -0.1) is 0 Å². The number of nitrogens with zero attached hydrogens (tertiary/aromatic N) is 1. The maximum Gasteiger partial charge on any atom is 0.0749 e. The number of allylic oxidation sites excluding steroid dienone is 1. The van der Waals surface area contributed by atoms with Crippen molar-refractivity contribution in [3.63, 3.8) is 0 Å². The molecule has 0 amide bonds. The molecule has 0 spiro atoms. The Morgan fingerprint density at radius 1 is 1.17 bits per heavy atom. The summed E-state index contributed by atoms with van der Waals surface area (Å²) in [5.41, 5.74) is 1.49. The zero-order valence-corrected chi connectivity index (χ0v) is 17.8. The topological polar surface area (TPSA) is 62.2 Å². The van der Waals surface area contributed by atoms with Crippen LogP contribution in [0.5, 0.6) is 0 Å². The van der Waals surface area contributed by atoms with Crippen molar-refractivity contribution in [3.05, 3.63) is 23.8 Å². The van der Waals surface area contributed by atoms with E-state index in [1.54, 1.807) is 0 Å². The highest BCUT2D eigenvalue weighted by molar-refractivity contribution is 5.18. The fourth-order valence-electron chi connectivity index (χ4n) is 5.92. The minimum Gasteiger partial charge on any atom is -0.392 e.